The van der Waals surface area contributed by atoms with Gasteiger partial charge in [-0.3, -0.25) is 29.9 Å². The molecule has 1 saturated heterocycles. The number of nitrogens with zero attached hydrogens (tertiary/aromatic N) is 6. The second-order valence-corrected chi connectivity index (χ2v) is 10.9. The number of nitro groups is 1. The lowest BCUT2D eigenvalue weighted by molar-refractivity contribution is -0.752. The van der Waals surface area contributed by atoms with Crippen molar-refractivity contribution in [1.29, 1.82) is 0 Å². The minimum Gasteiger partial charge on any atom is -0.486 e. The molecule has 2 aromatic carbocycles. The summed E-state index contributed by atoms with van der Waals surface area (Å²) >= 11 is 5.52. The van der Waals surface area contributed by atoms with Gasteiger partial charge in [-0.25, -0.2) is 4.68 Å². The van der Waals surface area contributed by atoms with Crippen LogP contribution in [0.4, 0.5) is 11.4 Å². The highest BCUT2D eigenvalue weighted by atomic mass is 32.2. The molecule has 0 saturated carbocycles. The molecule has 1 unspecified atom stereocenters. The molecule has 0 radical (unpaired) electrons. The molecule has 4 rings (SSSR count). The fourth-order valence-corrected chi connectivity index (χ4v) is 5.38. The maximum absolute atomic E-state index is 13.2. The van der Waals surface area contributed by atoms with Gasteiger partial charge < -0.3 is 14.7 Å². The van der Waals surface area contributed by atoms with Crippen molar-refractivity contribution in [3.8, 4) is 0 Å². The maximum Gasteiger partial charge on any atom is 0.289 e. The normalized spacial score (nSPS) is 16.1. The average molecular weight is 588 g/mol. The van der Waals surface area contributed by atoms with Crippen molar-refractivity contribution in [1.82, 2.24) is 15.1 Å². The summed E-state index contributed by atoms with van der Waals surface area (Å²) in [6, 6.07) is 10.4. The van der Waals surface area contributed by atoms with Crippen LogP contribution in [0.1, 0.15) is 24.6 Å². The Morgan fingerprint density at radius 3 is 2.48 bits per heavy atom. The van der Waals surface area contributed by atoms with Gasteiger partial charge in [0, 0.05) is 24.4 Å². The van der Waals surface area contributed by atoms with Crippen molar-refractivity contribution < 1.29 is 32.1 Å². The smallest absolute Gasteiger partial charge is 0.289 e. The number of hydrogen-bond acceptors (Lipinski definition) is 8. The van der Waals surface area contributed by atoms with E-state index in [0.717, 1.165) is 5.56 Å². The first kappa shape index (κ1) is 28.6. The highest BCUT2D eigenvalue weighted by molar-refractivity contribution is 7.90. The van der Waals surface area contributed by atoms with Crippen LogP contribution in [0.25, 0.3) is 0 Å². The number of likely N-dealkylation sites (N-methyl/N-ethyl adjacent to an activating group) is 1. The molecule has 14 nitrogen and oxygen atoms in total. The van der Waals surface area contributed by atoms with Crippen molar-refractivity contribution in [2.45, 2.75) is 37.8 Å². The molecule has 16 heteroatoms. The van der Waals surface area contributed by atoms with Crippen molar-refractivity contribution in [3.63, 3.8) is 0 Å². The molecule has 3 aromatic rings. The van der Waals surface area contributed by atoms with Crippen molar-refractivity contribution in [2.24, 2.45) is 11.4 Å². The van der Waals surface area contributed by atoms with Gasteiger partial charge in [0.05, 0.1) is 16.2 Å². The minimum atomic E-state index is -4.15. The molecule has 1 fully saturated rings. The van der Waals surface area contributed by atoms with Crippen LogP contribution < -0.4 is 20.8 Å². The first-order valence-electron chi connectivity index (χ1n) is 12.0. The molecular weight excluding hydrogens is 562 g/mol. The van der Waals surface area contributed by atoms with Gasteiger partial charge in [-0.1, -0.05) is 17.7 Å². The topological polar surface area (TPSA) is 173 Å². The van der Waals surface area contributed by atoms with Crippen LogP contribution >= 0.6 is 12.2 Å². The highest BCUT2D eigenvalue weighted by Crippen LogP contribution is 2.23. The van der Waals surface area contributed by atoms with E-state index in [1.165, 1.54) is 57.9 Å². The standard InChI is InChI=1S/C24H25N7O7S2/c1-4-29-23(33)19(13-21(32)25-16-7-9-17(10-8-16)31(34)35)30(24(29)39)14-20-22(38-27-28(20)3)26-40(36,37)18-11-5-15(2)6-12-18/h5-12,19H,4,13-14H2,1-3H3,(H,25,32)/b26-22+. The Balaban J connectivity index is 1.60. The Hall–Kier alpha value is -4.44. The zero-order chi connectivity index (χ0) is 29.2. The molecule has 1 atom stereocenters. The van der Waals surface area contributed by atoms with Gasteiger partial charge >= 0.3 is 0 Å². The molecule has 40 heavy (non-hydrogen) atoms. The van der Waals surface area contributed by atoms with Crippen LogP contribution in [-0.2, 0) is 33.2 Å². The summed E-state index contributed by atoms with van der Waals surface area (Å²) in [6.07, 6.45) is -0.296. The van der Waals surface area contributed by atoms with Crippen LogP contribution in [0, 0.1) is 17.0 Å². The van der Waals surface area contributed by atoms with Gasteiger partial charge in [0.1, 0.15) is 19.6 Å². The predicted molar refractivity (Wildman–Crippen MR) is 143 cm³/mol. The molecule has 1 aromatic heterocycles. The lowest BCUT2D eigenvalue weighted by Gasteiger charge is -2.21. The Kier molecular flexibility index (Phi) is 8.11. The highest BCUT2D eigenvalue weighted by Gasteiger charge is 2.44. The second kappa shape index (κ2) is 11.4. The van der Waals surface area contributed by atoms with E-state index in [0.29, 0.717) is 5.69 Å². The first-order chi connectivity index (χ1) is 18.9. The largest absolute Gasteiger partial charge is 0.486 e. The summed E-state index contributed by atoms with van der Waals surface area (Å²) in [6.45, 7) is 3.68. The summed E-state index contributed by atoms with van der Waals surface area (Å²) in [7, 11) is -2.63. The third kappa shape index (κ3) is 5.91. The van der Waals surface area contributed by atoms with E-state index in [1.807, 2.05) is 6.92 Å². The van der Waals surface area contributed by atoms with E-state index in [1.54, 1.807) is 19.1 Å². The van der Waals surface area contributed by atoms with Gasteiger partial charge in [-0.2, -0.15) is 8.42 Å². The number of hydrogen-bond donors (Lipinski definition) is 1. The lowest BCUT2D eigenvalue weighted by atomic mass is 10.1. The number of aromatic nitrogens is 2. The lowest BCUT2D eigenvalue weighted by Crippen LogP contribution is -2.45. The Morgan fingerprint density at radius 1 is 1.23 bits per heavy atom. The van der Waals surface area contributed by atoms with Crippen LogP contribution in [0.15, 0.2) is 62.3 Å². The fourth-order valence-electron chi connectivity index (χ4n) is 4.03. The number of nitrogens with one attached hydrogen (secondary N) is 1. The van der Waals surface area contributed by atoms with Crippen LogP contribution in [0.3, 0.4) is 0 Å². The summed E-state index contributed by atoms with van der Waals surface area (Å²) in [5, 5.41) is 17.4. The number of rotatable bonds is 9. The van der Waals surface area contributed by atoms with Gasteiger partial charge in [0.2, 0.25) is 5.91 Å². The predicted octanol–water partition coefficient (Wildman–Crippen LogP) is 0.914. The number of non-ortho nitro benzene ring substituents is 1. The number of carbonyl (C=O) groups is 2. The van der Waals surface area contributed by atoms with Gasteiger partial charge in [0.15, 0.2) is 5.11 Å². The van der Waals surface area contributed by atoms with Gasteiger partial charge in [0.25, 0.3) is 32.9 Å². The van der Waals surface area contributed by atoms with Crippen molar-refractivity contribution >= 4 is 50.5 Å². The molecule has 0 bridgehead atoms. The molecule has 2 heterocycles. The van der Waals surface area contributed by atoms with Crippen molar-refractivity contribution in [3.05, 3.63) is 75.5 Å². The number of amides is 2. The minimum absolute atomic E-state index is 0.0343. The van der Waals surface area contributed by atoms with E-state index >= 15 is 0 Å². The monoisotopic (exact) mass is 587 g/mol. The molecule has 0 aliphatic carbocycles. The molecular formula is C24H25N7O7S2. The fraction of sp³-hybridized carbons (Fsp3) is 0.292. The molecule has 2 amide bonds. The number of thiocarbonyl (C=S) groups is 1. The van der Waals surface area contributed by atoms with Crippen LogP contribution in [0.2, 0.25) is 0 Å². The third-order valence-electron chi connectivity index (χ3n) is 6.19. The third-order valence-corrected chi connectivity index (χ3v) is 7.92. The van der Waals surface area contributed by atoms with Gasteiger partial charge in [-0.05, 0) is 50.3 Å². The molecule has 210 valence electrons. The van der Waals surface area contributed by atoms with Crippen LogP contribution in [0.5, 0.6) is 0 Å². The maximum atomic E-state index is 13.2. The molecule has 0 spiro atoms. The number of nitro benzene ring substituents is 1. The van der Waals surface area contributed by atoms with E-state index < -0.39 is 32.8 Å². The summed E-state index contributed by atoms with van der Waals surface area (Å²) in [5.41, 5.74) is 0.982. The number of sulfonamides is 1. The summed E-state index contributed by atoms with van der Waals surface area (Å²) in [4.78, 5) is 39.2. The quantitative estimate of drug-likeness (QED) is 0.164. The Labute approximate surface area is 234 Å². The van der Waals surface area contributed by atoms with E-state index in [4.69, 9.17) is 16.7 Å². The molecule has 1 aliphatic heterocycles. The summed E-state index contributed by atoms with van der Waals surface area (Å²) in [5.74, 6) is -0.935. The zero-order valence-electron chi connectivity index (χ0n) is 21.7. The zero-order valence-corrected chi connectivity index (χ0v) is 23.3. The SMILES string of the molecule is CCN1C(=O)C(CC(=O)Nc2ccc([N+](=O)[O-])cc2)N(Cc2/c(=N\S(=O)(=O)c3ccc(C)cc3)o[n-][n+]2C)C1=S. The van der Waals surface area contributed by atoms with Crippen LogP contribution in [-0.4, -0.2) is 52.7 Å². The number of benzene rings is 2. The van der Waals surface area contributed by atoms with E-state index in [-0.39, 0.29) is 46.5 Å². The second-order valence-electron chi connectivity index (χ2n) is 8.89. The average Bonchev–Trinajstić information content (AvgIpc) is 3.35. The number of carbonyl (C=O) groups excluding carboxylic acids is 2. The first-order valence-corrected chi connectivity index (χ1v) is 13.8. The van der Waals surface area contributed by atoms with Crippen molar-refractivity contribution in [2.75, 3.05) is 11.9 Å². The van der Waals surface area contributed by atoms with E-state index in [9.17, 15) is 28.1 Å². The van der Waals surface area contributed by atoms with E-state index in [2.05, 4.69) is 15.0 Å². The Morgan fingerprint density at radius 2 is 1.88 bits per heavy atom. The number of anilines is 1. The number of aryl methyl sites for hydroxylation is 2. The van der Waals surface area contributed by atoms with Gasteiger partial charge in [-0.15, -0.1) is 4.40 Å². The molecule has 1 N–H and O–H groups in total. The Bertz CT molecular complexity index is 1650. The summed E-state index contributed by atoms with van der Waals surface area (Å²) < 4.78 is 36.1. The molecule has 1 aliphatic rings.